The fourth-order valence-electron chi connectivity index (χ4n) is 3.10. The van der Waals surface area contributed by atoms with Crippen LogP contribution in [0.25, 0.3) is 0 Å². The Hall–Kier alpha value is -2.15. The van der Waals surface area contributed by atoms with Crippen LogP contribution in [0.15, 0.2) is 24.5 Å². The van der Waals surface area contributed by atoms with E-state index in [1.165, 1.54) is 18.3 Å². The van der Waals surface area contributed by atoms with Gasteiger partial charge in [-0.1, -0.05) is 0 Å². The van der Waals surface area contributed by atoms with Crippen LogP contribution in [0.5, 0.6) is 0 Å². The highest BCUT2D eigenvalue weighted by Gasteiger charge is 2.26. The molecule has 0 aliphatic carbocycles. The highest BCUT2D eigenvalue weighted by atomic mass is 32.1. The van der Waals surface area contributed by atoms with Crippen molar-refractivity contribution in [3.8, 4) is 0 Å². The van der Waals surface area contributed by atoms with E-state index < -0.39 is 0 Å². The second kappa shape index (κ2) is 7.17. The molecular weight excluding hydrogens is 324 g/mol. The Morgan fingerprint density at radius 1 is 1.42 bits per heavy atom. The summed E-state index contributed by atoms with van der Waals surface area (Å²) in [6, 6.07) is 4.06. The van der Waals surface area contributed by atoms with Gasteiger partial charge in [0.25, 0.3) is 5.91 Å². The van der Waals surface area contributed by atoms with E-state index in [0.29, 0.717) is 12.6 Å². The molecule has 3 heterocycles. The first-order valence-corrected chi connectivity index (χ1v) is 8.98. The molecule has 6 nitrogen and oxygen atoms in total. The van der Waals surface area contributed by atoms with Gasteiger partial charge in [0.2, 0.25) is 5.91 Å². The van der Waals surface area contributed by atoms with Gasteiger partial charge in [0.05, 0.1) is 17.5 Å². The van der Waals surface area contributed by atoms with Gasteiger partial charge in [0.1, 0.15) is 5.82 Å². The molecule has 2 amide bonds. The molecule has 1 aliphatic heterocycles. The van der Waals surface area contributed by atoms with Crippen LogP contribution in [-0.4, -0.2) is 39.4 Å². The third-order valence-electron chi connectivity index (χ3n) is 4.32. The smallest absolute Gasteiger partial charge is 0.263 e. The van der Waals surface area contributed by atoms with E-state index in [1.807, 2.05) is 36.4 Å². The lowest BCUT2D eigenvalue weighted by atomic mass is 10.1. The molecule has 1 N–H and O–H groups in total. The van der Waals surface area contributed by atoms with Crippen molar-refractivity contribution in [1.82, 2.24) is 19.8 Å². The third-order valence-corrected chi connectivity index (χ3v) is 5.40. The highest BCUT2D eigenvalue weighted by molar-refractivity contribution is 7.14. The molecule has 0 spiro atoms. The maximum atomic E-state index is 12.8. The van der Waals surface area contributed by atoms with Gasteiger partial charge >= 0.3 is 0 Å². The molecule has 2 aromatic rings. The quantitative estimate of drug-likeness (QED) is 0.924. The molecule has 2 aromatic heterocycles. The third kappa shape index (κ3) is 3.67. The van der Waals surface area contributed by atoms with E-state index in [-0.39, 0.29) is 11.8 Å². The number of hydrogen-bond acceptors (Lipinski definition) is 4. The summed E-state index contributed by atoms with van der Waals surface area (Å²) in [4.78, 5) is 31.7. The van der Waals surface area contributed by atoms with Crippen LogP contribution in [-0.2, 0) is 11.3 Å². The van der Waals surface area contributed by atoms with Crippen molar-refractivity contribution in [2.75, 3.05) is 13.1 Å². The number of rotatable bonds is 4. The number of likely N-dealkylation sites (tertiary alicyclic amines) is 1. The SMILES string of the molecule is CC(=O)NCc1ccc(C(=O)N2CCC[C@H](n3ccnc3C)C2)s1. The van der Waals surface area contributed by atoms with Crippen molar-refractivity contribution in [1.29, 1.82) is 0 Å². The summed E-state index contributed by atoms with van der Waals surface area (Å²) in [6.45, 7) is 5.47. The molecule has 7 heteroatoms. The molecule has 0 unspecified atom stereocenters. The molecule has 3 rings (SSSR count). The van der Waals surface area contributed by atoms with Gasteiger partial charge in [0.15, 0.2) is 0 Å². The van der Waals surface area contributed by atoms with Crippen LogP contribution < -0.4 is 5.32 Å². The van der Waals surface area contributed by atoms with Gasteiger partial charge in [0, 0.05) is 37.3 Å². The largest absolute Gasteiger partial charge is 0.351 e. The second-order valence-electron chi connectivity index (χ2n) is 6.10. The standard InChI is InChI=1S/C17H22N4O2S/c1-12-18-7-9-21(12)14-4-3-8-20(11-14)17(23)16-6-5-15(24-16)10-19-13(2)22/h5-7,9,14H,3-4,8,10-11H2,1-2H3,(H,19,22)/t14-/m0/s1. The number of aryl methyl sites for hydroxylation is 1. The summed E-state index contributed by atoms with van der Waals surface area (Å²) >= 11 is 1.45. The maximum absolute atomic E-state index is 12.8. The Bertz CT molecular complexity index is 737. The van der Waals surface area contributed by atoms with E-state index in [0.717, 1.165) is 41.5 Å². The topological polar surface area (TPSA) is 67.2 Å². The molecule has 0 bridgehead atoms. The first-order chi connectivity index (χ1) is 11.5. The molecule has 128 valence electrons. The Kier molecular flexibility index (Phi) is 4.99. The molecule has 0 saturated carbocycles. The fraction of sp³-hybridized carbons (Fsp3) is 0.471. The summed E-state index contributed by atoms with van der Waals surface area (Å²) in [5.41, 5.74) is 0. The minimum absolute atomic E-state index is 0.0640. The molecule has 1 saturated heterocycles. The van der Waals surface area contributed by atoms with Crippen LogP contribution in [0, 0.1) is 6.92 Å². The lowest BCUT2D eigenvalue weighted by Crippen LogP contribution is -2.40. The molecule has 1 fully saturated rings. The van der Waals surface area contributed by atoms with Crippen molar-refractivity contribution >= 4 is 23.2 Å². The van der Waals surface area contributed by atoms with Gasteiger partial charge in [-0.2, -0.15) is 0 Å². The molecule has 1 aliphatic rings. The number of imidazole rings is 1. The number of aromatic nitrogens is 2. The van der Waals surface area contributed by atoms with Crippen molar-refractivity contribution in [2.24, 2.45) is 0 Å². The fourth-order valence-corrected chi connectivity index (χ4v) is 4.01. The minimum atomic E-state index is -0.0640. The summed E-state index contributed by atoms with van der Waals surface area (Å²) < 4.78 is 2.16. The van der Waals surface area contributed by atoms with E-state index in [1.54, 1.807) is 0 Å². The van der Waals surface area contributed by atoms with Crippen molar-refractivity contribution in [2.45, 2.75) is 39.3 Å². The van der Waals surface area contributed by atoms with E-state index >= 15 is 0 Å². The van der Waals surface area contributed by atoms with E-state index in [2.05, 4.69) is 14.9 Å². The van der Waals surface area contributed by atoms with E-state index in [4.69, 9.17) is 0 Å². The number of carbonyl (C=O) groups is 2. The predicted molar refractivity (Wildman–Crippen MR) is 93.0 cm³/mol. The number of carbonyl (C=O) groups excluding carboxylic acids is 2. The van der Waals surface area contributed by atoms with Gasteiger partial charge in [-0.05, 0) is 31.9 Å². The summed E-state index contributed by atoms with van der Waals surface area (Å²) in [7, 11) is 0. The van der Waals surface area contributed by atoms with Crippen LogP contribution in [0.1, 0.15) is 46.2 Å². The van der Waals surface area contributed by atoms with Gasteiger partial charge in [-0.15, -0.1) is 11.3 Å². The molecule has 1 atom stereocenters. The van der Waals surface area contributed by atoms with Crippen LogP contribution in [0.4, 0.5) is 0 Å². The van der Waals surface area contributed by atoms with Gasteiger partial charge in [-0.3, -0.25) is 9.59 Å². The Morgan fingerprint density at radius 2 is 2.25 bits per heavy atom. The molecule has 0 radical (unpaired) electrons. The van der Waals surface area contributed by atoms with E-state index in [9.17, 15) is 9.59 Å². The Balaban J connectivity index is 1.66. The lowest BCUT2D eigenvalue weighted by molar-refractivity contribution is -0.119. The molecular formula is C17H22N4O2S. The molecule has 24 heavy (non-hydrogen) atoms. The van der Waals surface area contributed by atoms with Crippen LogP contribution >= 0.6 is 11.3 Å². The Labute approximate surface area is 145 Å². The normalized spacial score (nSPS) is 17.8. The number of thiophene rings is 1. The Morgan fingerprint density at radius 3 is 2.96 bits per heavy atom. The van der Waals surface area contributed by atoms with Crippen LogP contribution in [0.2, 0.25) is 0 Å². The first-order valence-electron chi connectivity index (χ1n) is 8.16. The first kappa shape index (κ1) is 16.7. The van der Waals surface area contributed by atoms with Crippen molar-refractivity contribution < 1.29 is 9.59 Å². The average Bonchev–Trinajstić information content (AvgIpc) is 3.21. The second-order valence-corrected chi connectivity index (χ2v) is 7.27. The lowest BCUT2D eigenvalue weighted by Gasteiger charge is -2.33. The molecule has 0 aromatic carbocycles. The zero-order valence-electron chi connectivity index (χ0n) is 14.0. The minimum Gasteiger partial charge on any atom is -0.351 e. The van der Waals surface area contributed by atoms with Gasteiger partial charge in [-0.25, -0.2) is 4.98 Å². The zero-order valence-corrected chi connectivity index (χ0v) is 14.8. The number of nitrogens with one attached hydrogen (secondary N) is 1. The number of amides is 2. The summed E-state index contributed by atoms with van der Waals surface area (Å²) in [6.07, 6.45) is 5.87. The van der Waals surface area contributed by atoms with Crippen molar-refractivity contribution in [3.63, 3.8) is 0 Å². The predicted octanol–water partition coefficient (Wildman–Crippen LogP) is 2.37. The van der Waals surface area contributed by atoms with Crippen molar-refractivity contribution in [3.05, 3.63) is 40.1 Å². The highest BCUT2D eigenvalue weighted by Crippen LogP contribution is 2.26. The number of hydrogen-bond donors (Lipinski definition) is 1. The van der Waals surface area contributed by atoms with Gasteiger partial charge < -0.3 is 14.8 Å². The maximum Gasteiger partial charge on any atom is 0.263 e. The summed E-state index contributed by atoms with van der Waals surface area (Å²) in [5.74, 6) is 1.01. The zero-order chi connectivity index (χ0) is 17.1. The van der Waals surface area contributed by atoms with Crippen LogP contribution in [0.3, 0.4) is 0 Å². The monoisotopic (exact) mass is 346 g/mol. The summed E-state index contributed by atoms with van der Waals surface area (Å²) in [5, 5.41) is 2.76. The average molecular weight is 346 g/mol. The number of piperidine rings is 1. The number of nitrogens with zero attached hydrogens (tertiary/aromatic N) is 3.